The van der Waals surface area contributed by atoms with Crippen LogP contribution in [0.15, 0.2) is 24.3 Å². The number of unbranched alkanes of at least 4 members (excludes halogenated alkanes) is 1. The number of benzene rings is 1. The second kappa shape index (κ2) is 7.06. The van der Waals surface area contributed by atoms with Crippen molar-refractivity contribution in [2.45, 2.75) is 51.1 Å². The molecular formula is C17H28N2. The van der Waals surface area contributed by atoms with Crippen molar-refractivity contribution in [3.05, 3.63) is 35.4 Å². The molecule has 1 N–H and O–H groups in total. The molecule has 0 aromatic heterocycles. The lowest BCUT2D eigenvalue weighted by atomic mass is 9.95. The summed E-state index contributed by atoms with van der Waals surface area (Å²) in [5.41, 5.74) is 2.92. The van der Waals surface area contributed by atoms with Gasteiger partial charge in [0.1, 0.15) is 0 Å². The van der Waals surface area contributed by atoms with Crippen molar-refractivity contribution in [1.29, 1.82) is 0 Å². The average Bonchev–Trinajstić information content (AvgIpc) is 2.91. The van der Waals surface area contributed by atoms with Crippen molar-refractivity contribution in [2.75, 3.05) is 20.6 Å². The van der Waals surface area contributed by atoms with Gasteiger partial charge >= 0.3 is 0 Å². The molecule has 0 radical (unpaired) electrons. The standard InChI is InChI=1S/C17H28N2/c1-4-5-7-14-9-11-15(12-10-14)17(19(2)3)16-8-6-13-18-16/h9-12,16-18H,4-8,13H2,1-3H3. The summed E-state index contributed by atoms with van der Waals surface area (Å²) >= 11 is 0. The van der Waals surface area contributed by atoms with E-state index in [-0.39, 0.29) is 0 Å². The molecule has 1 aromatic carbocycles. The molecule has 2 atom stereocenters. The minimum Gasteiger partial charge on any atom is -0.312 e. The van der Waals surface area contributed by atoms with Gasteiger partial charge in [-0.15, -0.1) is 0 Å². The quantitative estimate of drug-likeness (QED) is 0.843. The molecule has 1 aliphatic rings. The fourth-order valence-electron chi connectivity index (χ4n) is 3.13. The number of nitrogens with one attached hydrogen (secondary N) is 1. The molecule has 106 valence electrons. The lowest BCUT2D eigenvalue weighted by Crippen LogP contribution is -2.37. The van der Waals surface area contributed by atoms with Crippen molar-refractivity contribution < 1.29 is 0 Å². The van der Waals surface area contributed by atoms with Gasteiger partial charge in [-0.1, -0.05) is 37.6 Å². The Bertz CT molecular complexity index is 363. The molecule has 0 bridgehead atoms. The summed E-state index contributed by atoms with van der Waals surface area (Å²) in [6, 6.07) is 10.4. The van der Waals surface area contributed by atoms with Crippen LogP contribution in [0.3, 0.4) is 0 Å². The molecule has 1 aromatic rings. The highest BCUT2D eigenvalue weighted by atomic mass is 15.1. The zero-order valence-electron chi connectivity index (χ0n) is 12.7. The van der Waals surface area contributed by atoms with Gasteiger partial charge in [0.25, 0.3) is 0 Å². The molecule has 2 nitrogen and oxygen atoms in total. The van der Waals surface area contributed by atoms with Crippen molar-refractivity contribution in [3.63, 3.8) is 0 Å². The molecule has 0 spiro atoms. The van der Waals surface area contributed by atoms with Crippen LogP contribution in [0, 0.1) is 0 Å². The third kappa shape index (κ3) is 3.80. The van der Waals surface area contributed by atoms with E-state index in [1.807, 2.05) is 0 Å². The molecule has 1 aliphatic heterocycles. The van der Waals surface area contributed by atoms with Gasteiger partial charge in [0, 0.05) is 12.1 Å². The smallest absolute Gasteiger partial charge is 0.0495 e. The Morgan fingerprint density at radius 1 is 1.26 bits per heavy atom. The average molecular weight is 260 g/mol. The maximum atomic E-state index is 3.64. The molecular weight excluding hydrogens is 232 g/mol. The van der Waals surface area contributed by atoms with Crippen LogP contribution in [-0.4, -0.2) is 31.6 Å². The Morgan fingerprint density at radius 3 is 2.53 bits per heavy atom. The van der Waals surface area contributed by atoms with Crippen LogP contribution in [0.2, 0.25) is 0 Å². The van der Waals surface area contributed by atoms with Gasteiger partial charge < -0.3 is 10.2 Å². The van der Waals surface area contributed by atoms with Gasteiger partial charge in [0.2, 0.25) is 0 Å². The van der Waals surface area contributed by atoms with Crippen LogP contribution in [0.4, 0.5) is 0 Å². The van der Waals surface area contributed by atoms with E-state index in [1.165, 1.54) is 49.8 Å². The first-order valence-electron chi connectivity index (χ1n) is 7.71. The number of rotatable bonds is 6. The van der Waals surface area contributed by atoms with Crippen LogP contribution in [0.1, 0.15) is 49.8 Å². The summed E-state index contributed by atoms with van der Waals surface area (Å²) in [6.45, 7) is 3.42. The Kier molecular flexibility index (Phi) is 5.41. The monoisotopic (exact) mass is 260 g/mol. The van der Waals surface area contributed by atoms with Crippen LogP contribution in [0.5, 0.6) is 0 Å². The van der Waals surface area contributed by atoms with E-state index >= 15 is 0 Å². The summed E-state index contributed by atoms with van der Waals surface area (Å²) < 4.78 is 0. The van der Waals surface area contributed by atoms with Crippen molar-refractivity contribution in [3.8, 4) is 0 Å². The fourth-order valence-corrected chi connectivity index (χ4v) is 3.13. The van der Waals surface area contributed by atoms with E-state index in [0.717, 1.165) is 0 Å². The second-order valence-corrected chi connectivity index (χ2v) is 5.96. The lowest BCUT2D eigenvalue weighted by Gasteiger charge is -2.30. The molecule has 1 saturated heterocycles. The minimum atomic E-state index is 0.503. The fraction of sp³-hybridized carbons (Fsp3) is 0.647. The Hall–Kier alpha value is -0.860. The second-order valence-electron chi connectivity index (χ2n) is 5.96. The van der Waals surface area contributed by atoms with Crippen molar-refractivity contribution in [2.24, 2.45) is 0 Å². The van der Waals surface area contributed by atoms with E-state index in [4.69, 9.17) is 0 Å². The maximum Gasteiger partial charge on any atom is 0.0495 e. The number of nitrogens with zero attached hydrogens (tertiary/aromatic N) is 1. The summed E-state index contributed by atoms with van der Waals surface area (Å²) in [4.78, 5) is 2.35. The van der Waals surface area contributed by atoms with Gasteiger partial charge in [-0.3, -0.25) is 0 Å². The topological polar surface area (TPSA) is 15.3 Å². The number of hydrogen-bond acceptors (Lipinski definition) is 2. The van der Waals surface area contributed by atoms with Gasteiger partial charge in [-0.2, -0.15) is 0 Å². The van der Waals surface area contributed by atoms with E-state index in [2.05, 4.69) is 55.5 Å². The lowest BCUT2D eigenvalue weighted by molar-refractivity contribution is 0.244. The highest BCUT2D eigenvalue weighted by molar-refractivity contribution is 5.26. The first-order chi connectivity index (χ1) is 9.22. The maximum absolute atomic E-state index is 3.64. The Labute approximate surface area is 118 Å². The molecule has 1 fully saturated rings. The molecule has 19 heavy (non-hydrogen) atoms. The van der Waals surface area contributed by atoms with E-state index in [1.54, 1.807) is 0 Å². The predicted molar refractivity (Wildman–Crippen MR) is 82.5 cm³/mol. The highest BCUT2D eigenvalue weighted by Crippen LogP contribution is 2.27. The van der Waals surface area contributed by atoms with E-state index in [0.29, 0.717) is 12.1 Å². The third-order valence-corrected chi connectivity index (χ3v) is 4.18. The van der Waals surface area contributed by atoms with Crippen LogP contribution < -0.4 is 5.32 Å². The molecule has 2 rings (SSSR count). The predicted octanol–water partition coefficient (Wildman–Crippen LogP) is 3.38. The number of likely N-dealkylation sites (N-methyl/N-ethyl adjacent to an activating group) is 1. The molecule has 0 aliphatic carbocycles. The zero-order chi connectivity index (χ0) is 13.7. The number of aryl methyl sites for hydroxylation is 1. The minimum absolute atomic E-state index is 0.503. The first kappa shape index (κ1) is 14.5. The van der Waals surface area contributed by atoms with E-state index < -0.39 is 0 Å². The molecule has 0 amide bonds. The highest BCUT2D eigenvalue weighted by Gasteiger charge is 2.27. The van der Waals surface area contributed by atoms with Gasteiger partial charge in [0.15, 0.2) is 0 Å². The number of hydrogen-bond donors (Lipinski definition) is 1. The summed E-state index contributed by atoms with van der Waals surface area (Å²) in [7, 11) is 4.38. The zero-order valence-corrected chi connectivity index (χ0v) is 12.7. The normalized spacial score (nSPS) is 20.9. The summed E-state index contributed by atoms with van der Waals surface area (Å²) in [5, 5.41) is 3.64. The van der Waals surface area contributed by atoms with Crippen LogP contribution >= 0.6 is 0 Å². The Balaban J connectivity index is 2.08. The van der Waals surface area contributed by atoms with Gasteiger partial charge in [0.05, 0.1) is 0 Å². The summed E-state index contributed by atoms with van der Waals surface area (Å²) in [6.07, 6.45) is 6.38. The molecule has 0 saturated carbocycles. The van der Waals surface area contributed by atoms with Gasteiger partial charge in [-0.25, -0.2) is 0 Å². The molecule has 2 heteroatoms. The molecule has 2 unspecified atom stereocenters. The van der Waals surface area contributed by atoms with Crippen LogP contribution in [0.25, 0.3) is 0 Å². The van der Waals surface area contributed by atoms with Crippen LogP contribution in [-0.2, 0) is 6.42 Å². The summed E-state index contributed by atoms with van der Waals surface area (Å²) in [5.74, 6) is 0. The van der Waals surface area contributed by atoms with Crippen molar-refractivity contribution in [1.82, 2.24) is 10.2 Å². The Morgan fingerprint density at radius 2 is 2.00 bits per heavy atom. The SMILES string of the molecule is CCCCc1ccc(C(C2CCCN2)N(C)C)cc1. The van der Waals surface area contributed by atoms with Crippen molar-refractivity contribution >= 4 is 0 Å². The first-order valence-corrected chi connectivity index (χ1v) is 7.71. The van der Waals surface area contributed by atoms with E-state index in [9.17, 15) is 0 Å². The third-order valence-electron chi connectivity index (χ3n) is 4.18. The van der Waals surface area contributed by atoms with Gasteiger partial charge in [-0.05, 0) is 57.5 Å². The molecule has 1 heterocycles. The largest absolute Gasteiger partial charge is 0.312 e.